The molecule has 6 nitrogen and oxygen atoms in total. The number of benzene rings is 1. The maximum Gasteiger partial charge on any atom is 0.251 e. The van der Waals surface area contributed by atoms with Gasteiger partial charge in [0, 0.05) is 16.1 Å². The molecule has 0 saturated heterocycles. The molecule has 0 aliphatic heterocycles. The fraction of sp³-hybridized carbons (Fsp3) is 0.353. The van der Waals surface area contributed by atoms with E-state index in [1.807, 2.05) is 13.8 Å². The molecule has 7 heteroatoms. The van der Waals surface area contributed by atoms with Crippen molar-refractivity contribution in [2.45, 2.75) is 33.2 Å². The second-order valence-corrected chi connectivity index (χ2v) is 6.89. The van der Waals surface area contributed by atoms with Gasteiger partial charge in [-0.1, -0.05) is 34.9 Å². The number of nitrogens with one attached hydrogen (secondary N) is 2. The molecule has 128 valence electrons. The first-order valence-electron chi connectivity index (χ1n) is 7.65. The fourth-order valence-corrected chi connectivity index (χ4v) is 2.45. The van der Waals surface area contributed by atoms with E-state index in [-0.39, 0.29) is 17.7 Å². The van der Waals surface area contributed by atoms with Crippen LogP contribution in [0.5, 0.6) is 0 Å². The lowest BCUT2D eigenvalue weighted by Gasteiger charge is -2.19. The van der Waals surface area contributed by atoms with Gasteiger partial charge in [0.1, 0.15) is 11.8 Å². The number of halogens is 1. The Morgan fingerprint density at radius 1 is 1.25 bits per heavy atom. The third kappa shape index (κ3) is 5.19. The zero-order valence-corrected chi connectivity index (χ0v) is 15.4. The molecule has 2 amide bonds. The van der Waals surface area contributed by atoms with Crippen LogP contribution in [0.1, 0.15) is 36.4 Å². The Morgan fingerprint density at radius 2 is 1.92 bits per heavy atom. The molecule has 1 aromatic heterocycles. The fourth-order valence-electron chi connectivity index (χ4n) is 2.18. The minimum absolute atomic E-state index is 0.241. The van der Waals surface area contributed by atoms with E-state index in [1.165, 1.54) is 0 Å². The number of aryl methyl sites for hydroxylation is 1. The zero-order valence-electron chi connectivity index (χ0n) is 13.8. The Labute approximate surface area is 149 Å². The van der Waals surface area contributed by atoms with E-state index < -0.39 is 6.04 Å². The topological polar surface area (TPSA) is 84.2 Å². The smallest absolute Gasteiger partial charge is 0.251 e. The highest BCUT2D eigenvalue weighted by Gasteiger charge is 2.23. The van der Waals surface area contributed by atoms with Crippen molar-refractivity contribution in [2.75, 3.05) is 5.32 Å². The van der Waals surface area contributed by atoms with Crippen LogP contribution < -0.4 is 10.6 Å². The summed E-state index contributed by atoms with van der Waals surface area (Å²) in [5.41, 5.74) is 0.497. The van der Waals surface area contributed by atoms with E-state index in [1.54, 1.807) is 37.3 Å². The van der Waals surface area contributed by atoms with Crippen LogP contribution in [0.4, 0.5) is 5.82 Å². The highest BCUT2D eigenvalue weighted by molar-refractivity contribution is 9.10. The van der Waals surface area contributed by atoms with Gasteiger partial charge in [-0.15, -0.1) is 0 Å². The van der Waals surface area contributed by atoms with Gasteiger partial charge in [-0.2, -0.15) is 0 Å². The van der Waals surface area contributed by atoms with Gasteiger partial charge >= 0.3 is 0 Å². The van der Waals surface area contributed by atoms with E-state index in [9.17, 15) is 9.59 Å². The number of carbonyl (C=O) groups is 2. The summed E-state index contributed by atoms with van der Waals surface area (Å²) in [5, 5.41) is 9.19. The van der Waals surface area contributed by atoms with Gasteiger partial charge in [-0.25, -0.2) is 0 Å². The maximum absolute atomic E-state index is 12.5. The second kappa shape index (κ2) is 8.10. The van der Waals surface area contributed by atoms with Crippen molar-refractivity contribution >= 4 is 33.6 Å². The summed E-state index contributed by atoms with van der Waals surface area (Å²) >= 11 is 3.33. The van der Waals surface area contributed by atoms with Crippen molar-refractivity contribution in [3.05, 3.63) is 46.1 Å². The van der Waals surface area contributed by atoms with E-state index >= 15 is 0 Å². The summed E-state index contributed by atoms with van der Waals surface area (Å²) in [6, 6.07) is 7.93. The molecule has 0 saturated carbocycles. The number of carbonyl (C=O) groups excluding carboxylic acids is 2. The zero-order chi connectivity index (χ0) is 17.7. The van der Waals surface area contributed by atoms with Gasteiger partial charge in [0.05, 0.1) is 0 Å². The van der Waals surface area contributed by atoms with Crippen LogP contribution in [-0.2, 0) is 4.79 Å². The number of hydrogen-bond acceptors (Lipinski definition) is 4. The summed E-state index contributed by atoms with van der Waals surface area (Å²) in [6.07, 6.45) is 0.519. The number of aromatic nitrogens is 1. The van der Waals surface area contributed by atoms with Gasteiger partial charge in [0.2, 0.25) is 5.91 Å². The van der Waals surface area contributed by atoms with Crippen LogP contribution in [0.3, 0.4) is 0 Å². The second-order valence-electron chi connectivity index (χ2n) is 5.97. The highest BCUT2D eigenvalue weighted by Crippen LogP contribution is 2.13. The number of rotatable bonds is 6. The molecular weight excluding hydrogens is 374 g/mol. The third-order valence-corrected chi connectivity index (χ3v) is 3.84. The molecule has 1 heterocycles. The molecule has 24 heavy (non-hydrogen) atoms. The predicted molar refractivity (Wildman–Crippen MR) is 94.7 cm³/mol. The van der Waals surface area contributed by atoms with Gasteiger partial charge in [0.25, 0.3) is 5.91 Å². The van der Waals surface area contributed by atoms with Crippen LogP contribution in [0.2, 0.25) is 0 Å². The lowest BCUT2D eigenvalue weighted by Crippen LogP contribution is -2.44. The summed E-state index contributed by atoms with van der Waals surface area (Å²) in [4.78, 5) is 24.8. The molecule has 0 aliphatic rings. The highest BCUT2D eigenvalue weighted by atomic mass is 79.9. The predicted octanol–water partition coefficient (Wildman–Crippen LogP) is 3.53. The molecule has 1 aromatic carbocycles. The van der Waals surface area contributed by atoms with Crippen LogP contribution in [-0.4, -0.2) is 23.0 Å². The quantitative estimate of drug-likeness (QED) is 0.785. The summed E-state index contributed by atoms with van der Waals surface area (Å²) in [7, 11) is 0. The molecule has 1 atom stereocenters. The minimum atomic E-state index is -0.654. The Kier molecular flexibility index (Phi) is 6.14. The lowest BCUT2D eigenvalue weighted by molar-refractivity contribution is -0.118. The average molecular weight is 394 g/mol. The van der Waals surface area contributed by atoms with Crippen molar-refractivity contribution in [1.82, 2.24) is 10.5 Å². The van der Waals surface area contributed by atoms with Crippen LogP contribution in [0.25, 0.3) is 0 Å². The van der Waals surface area contributed by atoms with Crippen LogP contribution in [0, 0.1) is 12.8 Å². The Bertz CT molecular complexity index is 710. The van der Waals surface area contributed by atoms with E-state index in [0.29, 0.717) is 23.6 Å². The Hall–Kier alpha value is -2.15. The van der Waals surface area contributed by atoms with Crippen molar-refractivity contribution in [3.8, 4) is 0 Å². The van der Waals surface area contributed by atoms with E-state index in [4.69, 9.17) is 4.52 Å². The Balaban J connectivity index is 2.07. The molecular formula is C17H20BrN3O3. The van der Waals surface area contributed by atoms with E-state index in [2.05, 4.69) is 31.7 Å². The monoisotopic (exact) mass is 393 g/mol. The largest absolute Gasteiger partial charge is 0.360 e. The normalized spacial score (nSPS) is 12.0. The number of amides is 2. The van der Waals surface area contributed by atoms with Crippen molar-refractivity contribution in [1.29, 1.82) is 0 Å². The number of anilines is 1. The summed E-state index contributed by atoms with van der Waals surface area (Å²) < 4.78 is 5.82. The molecule has 0 spiro atoms. The first-order valence-corrected chi connectivity index (χ1v) is 8.45. The van der Waals surface area contributed by atoms with Crippen molar-refractivity contribution < 1.29 is 14.1 Å². The lowest BCUT2D eigenvalue weighted by atomic mass is 10.0. The molecule has 2 rings (SSSR count). The average Bonchev–Trinajstić information content (AvgIpc) is 2.91. The molecule has 0 bridgehead atoms. The molecule has 0 fully saturated rings. The third-order valence-electron chi connectivity index (χ3n) is 3.31. The van der Waals surface area contributed by atoms with Gasteiger partial charge in [0.15, 0.2) is 5.82 Å². The SMILES string of the molecule is Cc1cc(NC(=O)[C@@H](CC(C)C)NC(=O)c2ccc(Br)cc2)no1. The number of hydrogen-bond donors (Lipinski definition) is 2. The standard InChI is InChI=1S/C17H20BrN3O3/c1-10(2)8-14(17(23)20-15-9-11(3)24-21-15)19-16(22)12-4-6-13(18)7-5-12/h4-7,9-10,14H,8H2,1-3H3,(H,19,22)(H,20,21,23)/t14-/m1/s1. The first-order chi connectivity index (χ1) is 11.3. The first kappa shape index (κ1) is 18.2. The maximum atomic E-state index is 12.5. The van der Waals surface area contributed by atoms with Crippen LogP contribution in [0.15, 0.2) is 39.3 Å². The molecule has 0 aliphatic carbocycles. The number of nitrogens with zero attached hydrogens (tertiary/aromatic N) is 1. The molecule has 2 aromatic rings. The van der Waals surface area contributed by atoms with Crippen LogP contribution >= 0.6 is 15.9 Å². The molecule has 0 unspecified atom stereocenters. The van der Waals surface area contributed by atoms with Gasteiger partial charge in [-0.05, 0) is 43.5 Å². The molecule has 0 radical (unpaired) electrons. The van der Waals surface area contributed by atoms with Crippen molar-refractivity contribution in [3.63, 3.8) is 0 Å². The van der Waals surface area contributed by atoms with Gasteiger partial charge in [-0.3, -0.25) is 9.59 Å². The minimum Gasteiger partial charge on any atom is -0.360 e. The van der Waals surface area contributed by atoms with E-state index in [0.717, 1.165) is 4.47 Å². The summed E-state index contributed by atoms with van der Waals surface area (Å²) in [5.74, 6) is 0.570. The molecule has 2 N–H and O–H groups in total. The summed E-state index contributed by atoms with van der Waals surface area (Å²) in [6.45, 7) is 5.72. The van der Waals surface area contributed by atoms with Crippen molar-refractivity contribution in [2.24, 2.45) is 5.92 Å². The van der Waals surface area contributed by atoms with Gasteiger partial charge < -0.3 is 15.2 Å². The Morgan fingerprint density at radius 3 is 2.46 bits per heavy atom.